The molecule has 1 N–H and O–H groups in total. The highest BCUT2D eigenvalue weighted by molar-refractivity contribution is 8.04. The highest BCUT2D eigenvalue weighted by atomic mass is 35.5. The lowest BCUT2D eigenvalue weighted by Gasteiger charge is -2.30. The molecule has 29 heavy (non-hydrogen) atoms. The maximum atomic E-state index is 13.2. The Kier molecular flexibility index (Phi) is 7.36. The normalized spacial score (nSPS) is 15.9. The van der Waals surface area contributed by atoms with Crippen LogP contribution in [0.1, 0.15) is 18.9 Å². The zero-order chi connectivity index (χ0) is 20.8. The quantitative estimate of drug-likeness (QED) is 0.661. The second kappa shape index (κ2) is 9.96. The van der Waals surface area contributed by atoms with E-state index in [-0.39, 0.29) is 17.9 Å². The lowest BCUT2D eigenvalue weighted by molar-refractivity contribution is -0.118. The molecule has 5 nitrogen and oxygen atoms in total. The lowest BCUT2D eigenvalue weighted by atomic mass is 10.1. The van der Waals surface area contributed by atoms with Gasteiger partial charge in [0.25, 0.3) is 5.91 Å². The van der Waals surface area contributed by atoms with Gasteiger partial charge in [-0.2, -0.15) is 0 Å². The van der Waals surface area contributed by atoms with Crippen LogP contribution in [0.15, 0.2) is 64.4 Å². The van der Waals surface area contributed by atoms with Crippen LogP contribution in [0.2, 0.25) is 5.02 Å². The van der Waals surface area contributed by atoms with Crippen LogP contribution in [-0.2, 0) is 20.9 Å². The second-order valence-electron chi connectivity index (χ2n) is 6.63. The highest BCUT2D eigenvalue weighted by Crippen LogP contribution is 2.42. The molecule has 0 saturated heterocycles. The Labute approximate surface area is 180 Å². The summed E-state index contributed by atoms with van der Waals surface area (Å²) >= 11 is 7.61. The molecular weight excluding hydrogens is 408 g/mol. The first-order valence-corrected chi connectivity index (χ1v) is 10.6. The number of amides is 2. The van der Waals surface area contributed by atoms with E-state index in [1.165, 1.54) is 17.8 Å². The lowest BCUT2D eigenvalue weighted by Crippen LogP contribution is -2.38. The van der Waals surface area contributed by atoms with Crippen LogP contribution in [0, 0.1) is 0 Å². The molecule has 2 aromatic rings. The van der Waals surface area contributed by atoms with Crippen molar-refractivity contribution in [1.29, 1.82) is 0 Å². The zero-order valence-electron chi connectivity index (χ0n) is 16.4. The number of carbonyl (C=O) groups is 2. The van der Waals surface area contributed by atoms with E-state index in [2.05, 4.69) is 5.32 Å². The van der Waals surface area contributed by atoms with Crippen LogP contribution in [0.4, 0.5) is 5.69 Å². The number of benzene rings is 2. The van der Waals surface area contributed by atoms with Crippen molar-refractivity contribution in [2.75, 3.05) is 18.6 Å². The molecule has 0 aliphatic carbocycles. The number of thioether (sulfide) groups is 1. The van der Waals surface area contributed by atoms with E-state index in [4.69, 9.17) is 16.3 Å². The van der Waals surface area contributed by atoms with E-state index < -0.39 is 0 Å². The van der Waals surface area contributed by atoms with Crippen molar-refractivity contribution in [3.05, 3.63) is 70.1 Å². The fourth-order valence-corrected chi connectivity index (χ4v) is 4.27. The molecule has 2 amide bonds. The Balaban J connectivity index is 1.88. The van der Waals surface area contributed by atoms with Crippen LogP contribution in [-0.4, -0.2) is 31.6 Å². The number of methoxy groups -OCH3 is 1. The third-order valence-corrected chi connectivity index (χ3v) is 6.03. The number of nitrogens with one attached hydrogen (secondary N) is 1. The van der Waals surface area contributed by atoms with Crippen molar-refractivity contribution in [2.45, 2.75) is 30.8 Å². The Morgan fingerprint density at radius 1 is 1.24 bits per heavy atom. The van der Waals surface area contributed by atoms with Crippen molar-refractivity contribution in [3.8, 4) is 0 Å². The summed E-state index contributed by atoms with van der Waals surface area (Å²) in [5, 5.41) is 3.49. The molecule has 7 heteroatoms. The highest BCUT2D eigenvalue weighted by Gasteiger charge is 2.30. The minimum atomic E-state index is -0.304. The molecule has 152 valence electrons. The summed E-state index contributed by atoms with van der Waals surface area (Å²) in [5.41, 5.74) is 1.66. The maximum Gasteiger partial charge on any atom is 0.265 e. The van der Waals surface area contributed by atoms with Gasteiger partial charge < -0.3 is 15.0 Å². The van der Waals surface area contributed by atoms with E-state index in [0.29, 0.717) is 23.1 Å². The summed E-state index contributed by atoms with van der Waals surface area (Å²) in [6, 6.07) is 15.0. The Bertz CT molecular complexity index is 932. The van der Waals surface area contributed by atoms with Crippen molar-refractivity contribution < 1.29 is 14.3 Å². The number of para-hydroxylation sites is 1. The summed E-state index contributed by atoms with van der Waals surface area (Å²) < 4.78 is 5.12. The molecular formula is C22H23ClN2O3S. The number of anilines is 1. The molecule has 3 rings (SSSR count). The predicted molar refractivity (Wildman–Crippen MR) is 117 cm³/mol. The zero-order valence-corrected chi connectivity index (χ0v) is 17.9. The Hall–Kier alpha value is -2.28. The Morgan fingerprint density at radius 2 is 1.97 bits per heavy atom. The topological polar surface area (TPSA) is 58.6 Å². The van der Waals surface area contributed by atoms with E-state index in [0.717, 1.165) is 22.6 Å². The van der Waals surface area contributed by atoms with Crippen LogP contribution in [0.3, 0.4) is 0 Å². The molecule has 0 fully saturated rings. The van der Waals surface area contributed by atoms with Gasteiger partial charge in [-0.05, 0) is 30.2 Å². The van der Waals surface area contributed by atoms with Gasteiger partial charge in [0.05, 0.1) is 29.8 Å². The van der Waals surface area contributed by atoms with Crippen molar-refractivity contribution in [1.82, 2.24) is 5.32 Å². The van der Waals surface area contributed by atoms with Gasteiger partial charge in [-0.1, -0.05) is 60.6 Å². The smallest absolute Gasteiger partial charge is 0.265 e. The van der Waals surface area contributed by atoms with Crippen LogP contribution >= 0.6 is 23.4 Å². The molecule has 0 saturated carbocycles. The number of hydrogen-bond acceptors (Lipinski definition) is 4. The summed E-state index contributed by atoms with van der Waals surface area (Å²) in [6.45, 7) is 2.73. The Morgan fingerprint density at radius 3 is 2.69 bits per heavy atom. The predicted octanol–water partition coefficient (Wildman–Crippen LogP) is 4.40. The van der Waals surface area contributed by atoms with Gasteiger partial charge in [-0.3, -0.25) is 9.59 Å². The number of halogens is 1. The molecule has 0 aromatic heterocycles. The molecule has 1 heterocycles. The van der Waals surface area contributed by atoms with E-state index >= 15 is 0 Å². The van der Waals surface area contributed by atoms with E-state index in [1.54, 1.807) is 18.1 Å². The second-order valence-corrected chi connectivity index (χ2v) is 8.12. The van der Waals surface area contributed by atoms with Crippen LogP contribution in [0.25, 0.3) is 0 Å². The summed E-state index contributed by atoms with van der Waals surface area (Å²) in [5.74, 6) is -0.523. The van der Waals surface area contributed by atoms with Crippen molar-refractivity contribution in [3.63, 3.8) is 0 Å². The van der Waals surface area contributed by atoms with Crippen LogP contribution < -0.4 is 10.2 Å². The van der Waals surface area contributed by atoms with Gasteiger partial charge in [0.2, 0.25) is 5.91 Å². The standard InChI is InChI=1S/C22H23ClN2O3S/c1-3-16(14-28-2)24-21(26)12-20-22(27)25(13-15-8-4-5-9-17(15)23)18-10-6-7-11-19(18)29-20/h4-12,16H,3,13-14H2,1-2H3,(H,24,26)/b20-12+. The third kappa shape index (κ3) is 5.21. The molecule has 0 bridgehead atoms. The number of hydrogen-bond donors (Lipinski definition) is 1. The number of carbonyl (C=O) groups excluding carboxylic acids is 2. The maximum absolute atomic E-state index is 13.2. The van der Waals surface area contributed by atoms with Gasteiger partial charge in [0.15, 0.2) is 0 Å². The molecule has 0 radical (unpaired) electrons. The summed E-state index contributed by atoms with van der Waals surface area (Å²) in [7, 11) is 1.59. The summed E-state index contributed by atoms with van der Waals surface area (Å²) in [4.78, 5) is 28.7. The number of rotatable bonds is 7. The SMILES string of the molecule is CCC(COC)NC(=O)/C=C1/Sc2ccccc2N(Cc2ccccc2Cl)C1=O. The van der Waals surface area contributed by atoms with Crippen LogP contribution in [0.5, 0.6) is 0 Å². The number of ether oxygens (including phenoxy) is 1. The van der Waals surface area contributed by atoms with Gasteiger partial charge in [-0.25, -0.2) is 0 Å². The first kappa shape index (κ1) is 21.4. The molecule has 1 atom stereocenters. The fourth-order valence-electron chi connectivity index (χ4n) is 3.04. The van der Waals surface area contributed by atoms with Gasteiger partial charge in [0.1, 0.15) is 0 Å². The minimum absolute atomic E-state index is 0.0976. The van der Waals surface area contributed by atoms with E-state index in [9.17, 15) is 9.59 Å². The number of nitrogens with zero attached hydrogens (tertiary/aromatic N) is 1. The molecule has 2 aromatic carbocycles. The molecule has 1 unspecified atom stereocenters. The monoisotopic (exact) mass is 430 g/mol. The third-order valence-electron chi connectivity index (χ3n) is 4.59. The van der Waals surface area contributed by atoms with Crippen molar-refractivity contribution in [2.24, 2.45) is 0 Å². The van der Waals surface area contributed by atoms with Gasteiger partial charge >= 0.3 is 0 Å². The average molecular weight is 431 g/mol. The fraction of sp³-hybridized carbons (Fsp3) is 0.273. The minimum Gasteiger partial charge on any atom is -0.383 e. The summed E-state index contributed by atoms with van der Waals surface area (Å²) in [6.07, 6.45) is 2.12. The number of fused-ring (bicyclic) bond motifs is 1. The first-order valence-electron chi connectivity index (χ1n) is 9.36. The van der Waals surface area contributed by atoms with Gasteiger partial charge in [0, 0.05) is 23.1 Å². The van der Waals surface area contributed by atoms with Crippen molar-refractivity contribution >= 4 is 40.9 Å². The first-order chi connectivity index (χ1) is 14.0. The average Bonchev–Trinajstić information content (AvgIpc) is 2.72. The molecule has 1 aliphatic heterocycles. The molecule has 0 spiro atoms. The van der Waals surface area contributed by atoms with E-state index in [1.807, 2.05) is 49.4 Å². The largest absolute Gasteiger partial charge is 0.383 e. The molecule has 1 aliphatic rings. The van der Waals surface area contributed by atoms with Gasteiger partial charge in [-0.15, -0.1) is 0 Å².